The van der Waals surface area contributed by atoms with Crippen molar-refractivity contribution in [3.8, 4) is 5.75 Å². The highest BCUT2D eigenvalue weighted by molar-refractivity contribution is 7.89. The van der Waals surface area contributed by atoms with E-state index >= 15 is 0 Å². The maximum absolute atomic E-state index is 12.9. The molecule has 0 aliphatic rings. The van der Waals surface area contributed by atoms with Gasteiger partial charge < -0.3 is 10.5 Å². The summed E-state index contributed by atoms with van der Waals surface area (Å²) in [6.07, 6.45) is 0.663. The second kappa shape index (κ2) is 8.33. The molecule has 0 fully saturated rings. The Morgan fingerprint density at radius 2 is 1.87 bits per heavy atom. The Labute approximate surface area is 146 Å². The van der Waals surface area contributed by atoms with Crippen molar-refractivity contribution in [2.45, 2.75) is 51.5 Å². The first-order valence-electron chi connectivity index (χ1n) is 7.44. The van der Waals surface area contributed by atoms with E-state index in [0.29, 0.717) is 23.7 Å². The Morgan fingerprint density at radius 3 is 2.30 bits per heavy atom. The van der Waals surface area contributed by atoms with Crippen molar-refractivity contribution in [1.82, 2.24) is 4.72 Å². The molecule has 0 saturated heterocycles. The molecule has 1 atom stereocenters. The molecule has 0 amide bonds. The van der Waals surface area contributed by atoms with E-state index in [1.807, 2.05) is 33.8 Å². The molecule has 1 aromatic carbocycles. The van der Waals surface area contributed by atoms with E-state index < -0.39 is 15.6 Å². The zero-order valence-electron chi connectivity index (χ0n) is 14.8. The topological polar surface area (TPSA) is 81.4 Å². The summed E-state index contributed by atoms with van der Waals surface area (Å²) >= 11 is 0. The quantitative estimate of drug-likeness (QED) is 0.779. The van der Waals surface area contributed by atoms with Gasteiger partial charge in [-0.25, -0.2) is 13.1 Å². The molecule has 0 radical (unpaired) electrons. The Morgan fingerprint density at radius 1 is 1.30 bits per heavy atom. The number of sulfonamides is 1. The van der Waals surface area contributed by atoms with Gasteiger partial charge in [0.25, 0.3) is 0 Å². The fourth-order valence-corrected chi connectivity index (χ4v) is 4.66. The van der Waals surface area contributed by atoms with Crippen LogP contribution in [0.5, 0.6) is 5.75 Å². The van der Waals surface area contributed by atoms with Crippen LogP contribution >= 0.6 is 12.4 Å². The number of nitrogens with one attached hydrogen (secondary N) is 1. The van der Waals surface area contributed by atoms with Crippen molar-refractivity contribution in [3.63, 3.8) is 0 Å². The molecule has 23 heavy (non-hydrogen) atoms. The molecule has 0 saturated carbocycles. The van der Waals surface area contributed by atoms with Gasteiger partial charge in [0.05, 0.1) is 7.11 Å². The second-order valence-electron chi connectivity index (χ2n) is 6.58. The molecule has 1 aromatic rings. The molecule has 0 aromatic heterocycles. The number of ether oxygens (including phenoxy) is 1. The molecule has 0 bridgehead atoms. The molecule has 3 N–H and O–H groups in total. The molecule has 1 unspecified atom stereocenters. The second-order valence-corrected chi connectivity index (χ2v) is 8.20. The highest BCUT2D eigenvalue weighted by atomic mass is 35.5. The third-order valence-corrected chi connectivity index (χ3v) is 5.39. The van der Waals surface area contributed by atoms with Crippen LogP contribution in [0.1, 0.15) is 38.3 Å². The van der Waals surface area contributed by atoms with E-state index in [4.69, 9.17) is 10.5 Å². The van der Waals surface area contributed by atoms with E-state index in [1.54, 1.807) is 13.0 Å². The number of hydrogen-bond donors (Lipinski definition) is 2. The highest BCUT2D eigenvalue weighted by Crippen LogP contribution is 2.30. The van der Waals surface area contributed by atoms with Gasteiger partial charge in [-0.05, 0) is 50.3 Å². The summed E-state index contributed by atoms with van der Waals surface area (Å²) in [5.41, 5.74) is 6.75. The van der Waals surface area contributed by atoms with E-state index in [-0.39, 0.29) is 23.8 Å². The molecular weight excluding hydrogens is 336 g/mol. The van der Waals surface area contributed by atoms with Crippen molar-refractivity contribution in [2.24, 2.45) is 11.7 Å². The molecule has 0 heterocycles. The fraction of sp³-hybridized carbons (Fsp3) is 0.625. The molecule has 0 aliphatic carbocycles. The number of methoxy groups -OCH3 is 1. The van der Waals surface area contributed by atoms with E-state index in [1.165, 1.54) is 7.11 Å². The smallest absolute Gasteiger partial charge is 0.245 e. The molecule has 7 heteroatoms. The van der Waals surface area contributed by atoms with Gasteiger partial charge in [-0.1, -0.05) is 19.9 Å². The van der Waals surface area contributed by atoms with Crippen molar-refractivity contribution in [3.05, 3.63) is 23.3 Å². The maximum Gasteiger partial charge on any atom is 0.245 e. The fourth-order valence-electron chi connectivity index (χ4n) is 2.85. The first-order valence-corrected chi connectivity index (χ1v) is 8.92. The summed E-state index contributed by atoms with van der Waals surface area (Å²) in [5.74, 6) is 0.686. The first-order chi connectivity index (χ1) is 10.0. The summed E-state index contributed by atoms with van der Waals surface area (Å²) in [4.78, 5) is 0.184. The van der Waals surface area contributed by atoms with Gasteiger partial charge in [-0.3, -0.25) is 0 Å². The third kappa shape index (κ3) is 5.64. The number of aryl methyl sites for hydroxylation is 2. The average molecular weight is 365 g/mol. The first kappa shape index (κ1) is 22.2. The maximum atomic E-state index is 12.9. The lowest BCUT2D eigenvalue weighted by Gasteiger charge is -2.31. The van der Waals surface area contributed by atoms with Gasteiger partial charge in [0.1, 0.15) is 10.6 Å². The summed E-state index contributed by atoms with van der Waals surface area (Å²) in [5, 5.41) is 0. The van der Waals surface area contributed by atoms with Crippen LogP contribution in [0.4, 0.5) is 0 Å². The molecule has 0 spiro atoms. The minimum Gasteiger partial charge on any atom is -0.495 e. The van der Waals surface area contributed by atoms with Gasteiger partial charge in [0.2, 0.25) is 10.0 Å². The summed E-state index contributed by atoms with van der Waals surface area (Å²) in [6.45, 7) is 9.83. The van der Waals surface area contributed by atoms with Gasteiger partial charge in [-0.2, -0.15) is 0 Å². The van der Waals surface area contributed by atoms with Crippen molar-refractivity contribution in [1.29, 1.82) is 0 Å². The Hall–Kier alpha value is -0.820. The lowest BCUT2D eigenvalue weighted by molar-refractivity contribution is 0.343. The number of hydrogen-bond acceptors (Lipinski definition) is 4. The number of nitrogens with two attached hydrogens (primary N) is 1. The van der Waals surface area contributed by atoms with Crippen LogP contribution in [0.2, 0.25) is 0 Å². The van der Waals surface area contributed by atoms with E-state index in [9.17, 15) is 8.42 Å². The van der Waals surface area contributed by atoms with E-state index in [0.717, 1.165) is 5.56 Å². The number of rotatable bonds is 7. The van der Waals surface area contributed by atoms with Gasteiger partial charge in [0.15, 0.2) is 0 Å². The minimum atomic E-state index is -3.72. The SMILES string of the molecule is COc1cc(C)cc(C)c1S(=O)(=O)NC(C)(CN)CC(C)C.Cl. The van der Waals surface area contributed by atoms with Gasteiger partial charge in [-0.15, -0.1) is 12.4 Å². The largest absolute Gasteiger partial charge is 0.495 e. The predicted octanol–water partition coefficient (Wildman–Crippen LogP) is 2.78. The minimum absolute atomic E-state index is 0. The van der Waals surface area contributed by atoms with E-state index in [2.05, 4.69) is 4.72 Å². The zero-order chi connectivity index (χ0) is 17.1. The zero-order valence-corrected chi connectivity index (χ0v) is 16.4. The van der Waals surface area contributed by atoms with Gasteiger partial charge >= 0.3 is 0 Å². The lowest BCUT2D eigenvalue weighted by atomic mass is 9.92. The standard InChI is InChI=1S/C16H28N2O3S.ClH/c1-11(2)9-16(5,10-17)18-22(19,20)15-13(4)7-12(3)8-14(15)21-6;/h7-8,11,18H,9-10,17H2,1-6H3;1H. The van der Waals surface area contributed by atoms with Crippen molar-refractivity contribution in [2.75, 3.05) is 13.7 Å². The van der Waals surface area contributed by atoms with Crippen LogP contribution < -0.4 is 15.2 Å². The molecule has 134 valence electrons. The monoisotopic (exact) mass is 364 g/mol. The Kier molecular flexibility index (Phi) is 8.03. The molecular formula is C16H29ClN2O3S. The van der Waals surface area contributed by atoms with Crippen LogP contribution in [0.3, 0.4) is 0 Å². The average Bonchev–Trinajstić information content (AvgIpc) is 2.35. The Balaban J connectivity index is 0.00000484. The van der Waals surface area contributed by atoms with Crippen LogP contribution in [-0.4, -0.2) is 27.6 Å². The summed E-state index contributed by atoms with van der Waals surface area (Å²) in [7, 11) is -2.25. The van der Waals surface area contributed by atoms with Crippen LogP contribution in [0, 0.1) is 19.8 Å². The summed E-state index contributed by atoms with van der Waals surface area (Å²) < 4.78 is 33.7. The molecule has 0 aliphatic heterocycles. The van der Waals surface area contributed by atoms with Crippen molar-refractivity contribution < 1.29 is 13.2 Å². The van der Waals surface area contributed by atoms with Crippen LogP contribution in [0.25, 0.3) is 0 Å². The predicted molar refractivity (Wildman–Crippen MR) is 97.0 cm³/mol. The van der Waals surface area contributed by atoms with Crippen LogP contribution in [0.15, 0.2) is 17.0 Å². The normalized spacial score (nSPS) is 14.3. The number of benzene rings is 1. The number of halogens is 1. The summed E-state index contributed by atoms with van der Waals surface area (Å²) in [6, 6.07) is 3.56. The third-order valence-electron chi connectivity index (χ3n) is 3.56. The highest BCUT2D eigenvalue weighted by Gasteiger charge is 2.32. The van der Waals surface area contributed by atoms with Gasteiger partial charge in [0, 0.05) is 12.1 Å². The Bertz CT molecular complexity index is 632. The lowest BCUT2D eigenvalue weighted by Crippen LogP contribution is -2.52. The molecule has 1 rings (SSSR count). The molecule has 5 nitrogen and oxygen atoms in total. The van der Waals surface area contributed by atoms with Crippen molar-refractivity contribution >= 4 is 22.4 Å². The van der Waals surface area contributed by atoms with Crippen LogP contribution in [-0.2, 0) is 10.0 Å².